The lowest BCUT2D eigenvalue weighted by Crippen LogP contribution is -2.47. The Kier molecular flexibility index (Phi) is 10.0. The number of amides is 2. The summed E-state index contributed by atoms with van der Waals surface area (Å²) in [5, 5.41) is 0. The molecule has 0 saturated heterocycles. The molecule has 9 heteroatoms. The van der Waals surface area contributed by atoms with E-state index in [1.165, 1.54) is 14.0 Å². The van der Waals surface area contributed by atoms with Gasteiger partial charge in [-0.1, -0.05) is 0 Å². The van der Waals surface area contributed by atoms with Crippen LogP contribution in [0.5, 0.6) is 23.0 Å². The fourth-order valence-corrected chi connectivity index (χ4v) is 2.75. The highest BCUT2D eigenvalue weighted by Gasteiger charge is 2.15. The summed E-state index contributed by atoms with van der Waals surface area (Å²) in [4.78, 5) is 35.6. The van der Waals surface area contributed by atoms with Gasteiger partial charge in [0.1, 0.15) is 11.5 Å². The van der Waals surface area contributed by atoms with Gasteiger partial charge in [0, 0.05) is 12.0 Å². The predicted molar refractivity (Wildman–Crippen MR) is 122 cm³/mol. The molecule has 2 aromatic rings. The van der Waals surface area contributed by atoms with Crippen molar-refractivity contribution in [3.8, 4) is 23.0 Å². The fourth-order valence-electron chi connectivity index (χ4n) is 2.75. The van der Waals surface area contributed by atoms with Crippen LogP contribution in [0.2, 0.25) is 0 Å². The quantitative estimate of drug-likeness (QED) is 0.286. The highest BCUT2D eigenvalue weighted by Crippen LogP contribution is 2.28. The van der Waals surface area contributed by atoms with E-state index in [0.717, 1.165) is 0 Å². The van der Waals surface area contributed by atoms with E-state index < -0.39 is 12.0 Å². The number of benzene rings is 2. The minimum absolute atomic E-state index is 0.0715. The number of Topliss-reactive ketones (excluding diaryl/α,β-unsaturated/α-hetero) is 1. The summed E-state index contributed by atoms with van der Waals surface area (Å²) in [6, 6.07) is 11.8. The SMILES string of the molecule is CCOc1ccc(OC(C)C(=O)NNC(=O)CCCOc2ccc(C(C)=O)cc2OC)cc1. The van der Waals surface area contributed by atoms with Gasteiger partial charge < -0.3 is 18.9 Å². The second-order valence-corrected chi connectivity index (χ2v) is 7.08. The van der Waals surface area contributed by atoms with Gasteiger partial charge in [-0.25, -0.2) is 0 Å². The molecule has 0 aliphatic rings. The standard InChI is InChI=1S/C24H30N2O7/c1-5-31-19-9-11-20(12-10-19)33-17(3)24(29)26-25-23(28)7-6-14-32-21-13-8-18(16(2)27)15-22(21)30-4/h8-13,15,17H,5-7,14H2,1-4H3,(H,25,28)(H,26,29). The molecule has 0 saturated carbocycles. The lowest BCUT2D eigenvalue weighted by atomic mass is 10.1. The van der Waals surface area contributed by atoms with Crippen molar-refractivity contribution in [3.05, 3.63) is 48.0 Å². The van der Waals surface area contributed by atoms with E-state index in [-0.39, 0.29) is 24.7 Å². The molecule has 178 valence electrons. The molecule has 2 aromatic carbocycles. The maximum absolute atomic E-state index is 12.1. The van der Waals surface area contributed by atoms with Crippen molar-refractivity contribution in [3.63, 3.8) is 0 Å². The first kappa shape index (κ1) is 25.5. The molecule has 0 heterocycles. The van der Waals surface area contributed by atoms with Gasteiger partial charge in [0.15, 0.2) is 23.4 Å². The van der Waals surface area contributed by atoms with E-state index in [1.54, 1.807) is 49.4 Å². The summed E-state index contributed by atoms with van der Waals surface area (Å²) in [5.41, 5.74) is 5.23. The summed E-state index contributed by atoms with van der Waals surface area (Å²) in [6.07, 6.45) is -0.253. The van der Waals surface area contributed by atoms with Gasteiger partial charge in [0.05, 0.1) is 20.3 Å². The van der Waals surface area contributed by atoms with Crippen molar-refractivity contribution in [2.75, 3.05) is 20.3 Å². The number of nitrogens with one attached hydrogen (secondary N) is 2. The van der Waals surface area contributed by atoms with Gasteiger partial charge in [-0.05, 0) is 69.7 Å². The molecule has 0 aliphatic heterocycles. The third kappa shape index (κ3) is 8.36. The molecule has 1 atom stereocenters. The first-order valence-corrected chi connectivity index (χ1v) is 10.6. The van der Waals surface area contributed by atoms with E-state index in [2.05, 4.69) is 10.9 Å². The van der Waals surface area contributed by atoms with Crippen LogP contribution in [0.1, 0.15) is 44.0 Å². The summed E-state index contributed by atoms with van der Waals surface area (Å²) >= 11 is 0. The molecule has 9 nitrogen and oxygen atoms in total. The third-order valence-corrected chi connectivity index (χ3v) is 4.52. The van der Waals surface area contributed by atoms with Crippen LogP contribution in [0, 0.1) is 0 Å². The predicted octanol–water partition coefficient (Wildman–Crippen LogP) is 3.07. The Morgan fingerprint density at radius 2 is 1.64 bits per heavy atom. The van der Waals surface area contributed by atoms with Crippen molar-refractivity contribution >= 4 is 17.6 Å². The second kappa shape index (κ2) is 12.9. The molecule has 0 radical (unpaired) electrons. The average Bonchev–Trinajstić information content (AvgIpc) is 2.81. The first-order valence-electron chi connectivity index (χ1n) is 10.6. The van der Waals surface area contributed by atoms with E-state index >= 15 is 0 Å². The molecule has 0 aliphatic carbocycles. The van der Waals surface area contributed by atoms with Crippen LogP contribution < -0.4 is 29.8 Å². The van der Waals surface area contributed by atoms with Crippen molar-refractivity contribution in [2.24, 2.45) is 0 Å². The summed E-state index contributed by atoms with van der Waals surface area (Å²) < 4.78 is 21.8. The van der Waals surface area contributed by atoms with Crippen LogP contribution in [0.15, 0.2) is 42.5 Å². The zero-order valence-corrected chi connectivity index (χ0v) is 19.3. The lowest BCUT2D eigenvalue weighted by molar-refractivity contribution is -0.132. The van der Waals surface area contributed by atoms with Crippen LogP contribution in [0.4, 0.5) is 0 Å². The molecule has 0 spiro atoms. The Balaban J connectivity index is 1.69. The van der Waals surface area contributed by atoms with Crippen LogP contribution >= 0.6 is 0 Å². The topological polar surface area (TPSA) is 112 Å². The lowest BCUT2D eigenvalue weighted by Gasteiger charge is -2.15. The number of hydrazine groups is 1. The molecule has 2 N–H and O–H groups in total. The number of ketones is 1. The minimum Gasteiger partial charge on any atom is -0.494 e. The smallest absolute Gasteiger partial charge is 0.279 e. The summed E-state index contributed by atoms with van der Waals surface area (Å²) in [5.74, 6) is 1.24. The van der Waals surface area contributed by atoms with E-state index in [0.29, 0.717) is 41.6 Å². The number of carbonyl (C=O) groups excluding carboxylic acids is 3. The molecular formula is C24H30N2O7. The van der Waals surface area contributed by atoms with Crippen LogP contribution in [-0.2, 0) is 9.59 Å². The van der Waals surface area contributed by atoms with Gasteiger partial charge in [0.25, 0.3) is 5.91 Å². The largest absolute Gasteiger partial charge is 0.494 e. The van der Waals surface area contributed by atoms with Gasteiger partial charge in [-0.2, -0.15) is 0 Å². The number of carbonyl (C=O) groups is 3. The Labute approximate surface area is 193 Å². The number of hydrogen-bond acceptors (Lipinski definition) is 7. The molecule has 2 rings (SSSR count). The summed E-state index contributed by atoms with van der Waals surface area (Å²) in [7, 11) is 1.49. The Hall–Kier alpha value is -3.75. The molecule has 33 heavy (non-hydrogen) atoms. The number of methoxy groups -OCH3 is 1. The van der Waals surface area contributed by atoms with E-state index in [1.807, 2.05) is 6.92 Å². The van der Waals surface area contributed by atoms with Crippen molar-refractivity contribution in [1.29, 1.82) is 0 Å². The van der Waals surface area contributed by atoms with E-state index in [4.69, 9.17) is 18.9 Å². The van der Waals surface area contributed by atoms with Gasteiger partial charge in [-0.15, -0.1) is 0 Å². The zero-order chi connectivity index (χ0) is 24.2. The number of hydrogen-bond donors (Lipinski definition) is 2. The minimum atomic E-state index is -0.808. The highest BCUT2D eigenvalue weighted by molar-refractivity contribution is 5.94. The Morgan fingerprint density at radius 3 is 2.27 bits per heavy atom. The van der Waals surface area contributed by atoms with Crippen LogP contribution in [0.3, 0.4) is 0 Å². The van der Waals surface area contributed by atoms with Crippen LogP contribution in [0.25, 0.3) is 0 Å². The maximum Gasteiger partial charge on any atom is 0.279 e. The van der Waals surface area contributed by atoms with Gasteiger partial charge in [-0.3, -0.25) is 25.2 Å². The number of rotatable bonds is 12. The van der Waals surface area contributed by atoms with Crippen molar-refractivity contribution < 1.29 is 33.3 Å². The molecular weight excluding hydrogens is 428 g/mol. The normalized spacial score (nSPS) is 11.2. The third-order valence-electron chi connectivity index (χ3n) is 4.52. The highest BCUT2D eigenvalue weighted by atomic mass is 16.5. The molecule has 1 unspecified atom stereocenters. The van der Waals surface area contributed by atoms with Gasteiger partial charge >= 0.3 is 0 Å². The van der Waals surface area contributed by atoms with Crippen molar-refractivity contribution in [2.45, 2.75) is 39.7 Å². The number of ether oxygens (including phenoxy) is 4. The van der Waals surface area contributed by atoms with Crippen molar-refractivity contribution in [1.82, 2.24) is 10.9 Å². The first-order chi connectivity index (χ1) is 15.8. The second-order valence-electron chi connectivity index (χ2n) is 7.08. The zero-order valence-electron chi connectivity index (χ0n) is 19.3. The fraction of sp³-hybridized carbons (Fsp3) is 0.375. The molecule has 0 aromatic heterocycles. The van der Waals surface area contributed by atoms with Gasteiger partial charge in [0.2, 0.25) is 5.91 Å². The van der Waals surface area contributed by atoms with E-state index in [9.17, 15) is 14.4 Å². The Morgan fingerprint density at radius 1 is 0.939 bits per heavy atom. The maximum atomic E-state index is 12.1. The Bertz CT molecular complexity index is 944. The molecule has 0 fully saturated rings. The summed E-state index contributed by atoms with van der Waals surface area (Å²) in [6.45, 7) is 5.77. The average molecular weight is 459 g/mol. The monoisotopic (exact) mass is 458 g/mol. The molecule has 0 bridgehead atoms. The van der Waals surface area contributed by atoms with Crippen LogP contribution in [-0.4, -0.2) is 44.0 Å². The molecule has 2 amide bonds.